The lowest BCUT2D eigenvalue weighted by molar-refractivity contribution is -0.138. The maximum atomic E-state index is 12.0. The number of nitrogens with zero attached hydrogens (tertiary/aromatic N) is 2. The van der Waals surface area contributed by atoms with E-state index in [-0.39, 0.29) is 16.4 Å². The van der Waals surface area contributed by atoms with Gasteiger partial charge in [0.25, 0.3) is 5.56 Å². The number of hydrogen-bond donors (Lipinski definition) is 2. The number of benzene rings is 1. The molecular formula is C15H13N3O3S. The van der Waals surface area contributed by atoms with Crippen molar-refractivity contribution in [1.29, 1.82) is 5.26 Å². The summed E-state index contributed by atoms with van der Waals surface area (Å²) in [6, 6.07) is 10.7. The van der Waals surface area contributed by atoms with Gasteiger partial charge < -0.3 is 10.1 Å². The summed E-state index contributed by atoms with van der Waals surface area (Å²) < 4.78 is -1.15. The number of H-pyrrole nitrogens is 1. The van der Waals surface area contributed by atoms with Crippen LogP contribution in [0.3, 0.4) is 0 Å². The average Bonchev–Trinajstić information content (AvgIpc) is 2.47. The molecule has 0 unspecified atom stereocenters. The number of thioether (sulfide) groups is 1. The standard InChI is InChI=1S/C15H13N3O3S/c1-15(2,13(20)21)22-14-17-11(9-6-4-3-5-7-9)10(8-16)12(19)18-14/h3-7H,1-2H3,(H,20,21)(H,17,18,19). The molecule has 2 rings (SSSR count). The first-order valence-corrected chi connectivity index (χ1v) is 7.19. The van der Waals surface area contributed by atoms with E-state index in [0.717, 1.165) is 11.8 Å². The van der Waals surface area contributed by atoms with Gasteiger partial charge in [0, 0.05) is 5.56 Å². The summed E-state index contributed by atoms with van der Waals surface area (Å²) in [6.45, 7) is 3.03. The van der Waals surface area contributed by atoms with E-state index in [4.69, 9.17) is 10.4 Å². The van der Waals surface area contributed by atoms with E-state index in [9.17, 15) is 9.59 Å². The van der Waals surface area contributed by atoms with Crippen molar-refractivity contribution in [1.82, 2.24) is 9.97 Å². The molecule has 0 saturated heterocycles. The highest BCUT2D eigenvalue weighted by molar-refractivity contribution is 8.01. The molecule has 0 radical (unpaired) electrons. The predicted molar refractivity (Wildman–Crippen MR) is 82.6 cm³/mol. The van der Waals surface area contributed by atoms with E-state index in [0.29, 0.717) is 5.56 Å². The number of carboxylic acids is 1. The van der Waals surface area contributed by atoms with E-state index in [1.54, 1.807) is 24.3 Å². The molecule has 0 aliphatic carbocycles. The molecule has 0 fully saturated rings. The number of nitrogens with one attached hydrogen (secondary N) is 1. The van der Waals surface area contributed by atoms with Gasteiger partial charge in [-0.3, -0.25) is 9.59 Å². The smallest absolute Gasteiger partial charge is 0.319 e. The van der Waals surface area contributed by atoms with Crippen LogP contribution in [-0.2, 0) is 4.79 Å². The van der Waals surface area contributed by atoms with E-state index in [1.165, 1.54) is 13.8 Å². The van der Waals surface area contributed by atoms with Crippen molar-refractivity contribution < 1.29 is 9.90 Å². The lowest BCUT2D eigenvalue weighted by atomic mass is 10.1. The van der Waals surface area contributed by atoms with E-state index >= 15 is 0 Å². The maximum absolute atomic E-state index is 12.0. The minimum Gasteiger partial charge on any atom is -0.480 e. The maximum Gasteiger partial charge on any atom is 0.319 e. The third kappa shape index (κ3) is 3.18. The highest BCUT2D eigenvalue weighted by Gasteiger charge is 2.30. The molecule has 7 heteroatoms. The fourth-order valence-electron chi connectivity index (χ4n) is 1.69. The van der Waals surface area contributed by atoms with Gasteiger partial charge in [-0.15, -0.1) is 0 Å². The first-order chi connectivity index (χ1) is 10.3. The zero-order valence-corrected chi connectivity index (χ0v) is 12.8. The van der Waals surface area contributed by atoms with Crippen LogP contribution in [-0.4, -0.2) is 25.8 Å². The Morgan fingerprint density at radius 2 is 2.00 bits per heavy atom. The Morgan fingerprint density at radius 3 is 2.55 bits per heavy atom. The molecule has 0 aliphatic rings. The topological polar surface area (TPSA) is 107 Å². The number of aliphatic carboxylic acids is 1. The summed E-state index contributed by atoms with van der Waals surface area (Å²) >= 11 is 0.921. The second kappa shape index (κ2) is 6.03. The predicted octanol–water partition coefficient (Wildman–Crippen LogP) is 2.26. The summed E-state index contributed by atoms with van der Waals surface area (Å²) in [4.78, 5) is 30.0. The summed E-state index contributed by atoms with van der Waals surface area (Å²) in [7, 11) is 0. The Morgan fingerprint density at radius 1 is 1.36 bits per heavy atom. The summed E-state index contributed by atoms with van der Waals surface area (Å²) in [6.07, 6.45) is 0. The second-order valence-corrected chi connectivity index (χ2v) is 6.60. The monoisotopic (exact) mass is 315 g/mol. The number of aromatic nitrogens is 2. The first kappa shape index (κ1) is 15.8. The highest BCUT2D eigenvalue weighted by atomic mass is 32.2. The molecule has 1 aromatic heterocycles. The van der Waals surface area contributed by atoms with Gasteiger partial charge in [-0.1, -0.05) is 42.1 Å². The highest BCUT2D eigenvalue weighted by Crippen LogP contribution is 2.31. The molecule has 0 saturated carbocycles. The Bertz CT molecular complexity index is 807. The van der Waals surface area contributed by atoms with Crippen LogP contribution in [0.4, 0.5) is 0 Å². The van der Waals surface area contributed by atoms with Crippen LogP contribution in [0.15, 0.2) is 40.3 Å². The molecule has 2 N–H and O–H groups in total. The second-order valence-electron chi connectivity index (χ2n) is 4.99. The minimum absolute atomic E-state index is 0.0938. The summed E-state index contributed by atoms with van der Waals surface area (Å²) in [5, 5.41) is 18.5. The van der Waals surface area contributed by atoms with Crippen LogP contribution in [0, 0.1) is 11.3 Å². The van der Waals surface area contributed by atoms with Gasteiger partial charge in [0.1, 0.15) is 16.4 Å². The summed E-state index contributed by atoms with van der Waals surface area (Å²) in [5.41, 5.74) is 0.194. The van der Waals surface area contributed by atoms with Crippen LogP contribution in [0.1, 0.15) is 19.4 Å². The lowest BCUT2D eigenvalue weighted by Gasteiger charge is -2.17. The van der Waals surface area contributed by atoms with Crippen molar-refractivity contribution >= 4 is 17.7 Å². The number of carbonyl (C=O) groups is 1. The minimum atomic E-state index is -1.15. The van der Waals surface area contributed by atoms with Crippen LogP contribution in [0.5, 0.6) is 0 Å². The Hall–Kier alpha value is -2.59. The van der Waals surface area contributed by atoms with Gasteiger partial charge in [0.05, 0.1) is 5.69 Å². The van der Waals surface area contributed by atoms with Crippen molar-refractivity contribution in [3.8, 4) is 17.3 Å². The quantitative estimate of drug-likeness (QED) is 0.662. The van der Waals surface area contributed by atoms with Crippen molar-refractivity contribution in [2.75, 3.05) is 0 Å². The van der Waals surface area contributed by atoms with Crippen molar-refractivity contribution in [2.45, 2.75) is 23.8 Å². The number of aromatic amines is 1. The van der Waals surface area contributed by atoms with Crippen molar-refractivity contribution in [2.24, 2.45) is 0 Å². The Balaban J connectivity index is 2.57. The molecular weight excluding hydrogens is 302 g/mol. The van der Waals surface area contributed by atoms with E-state index < -0.39 is 16.3 Å². The zero-order chi connectivity index (χ0) is 16.3. The Labute approximate surface area is 130 Å². The fraction of sp³-hybridized carbons (Fsp3) is 0.200. The van der Waals surface area contributed by atoms with Gasteiger partial charge >= 0.3 is 5.97 Å². The normalized spacial score (nSPS) is 11.0. The number of hydrogen-bond acceptors (Lipinski definition) is 5. The van der Waals surface area contributed by atoms with Crippen LogP contribution >= 0.6 is 11.8 Å². The van der Waals surface area contributed by atoms with Gasteiger partial charge in [0.2, 0.25) is 0 Å². The van der Waals surface area contributed by atoms with Gasteiger partial charge in [-0.25, -0.2) is 4.98 Å². The first-order valence-electron chi connectivity index (χ1n) is 6.37. The van der Waals surface area contributed by atoms with Crippen LogP contribution in [0.25, 0.3) is 11.3 Å². The lowest BCUT2D eigenvalue weighted by Crippen LogP contribution is -2.28. The molecule has 1 heterocycles. The number of nitriles is 1. The van der Waals surface area contributed by atoms with Crippen molar-refractivity contribution in [3.05, 3.63) is 46.2 Å². The molecule has 0 atom stereocenters. The molecule has 0 bridgehead atoms. The third-order valence-electron chi connectivity index (χ3n) is 2.92. The molecule has 0 spiro atoms. The third-order valence-corrected chi connectivity index (χ3v) is 4.00. The summed E-state index contributed by atoms with van der Waals surface area (Å²) in [5.74, 6) is -1.02. The molecule has 6 nitrogen and oxygen atoms in total. The van der Waals surface area contributed by atoms with Gasteiger partial charge in [0.15, 0.2) is 5.16 Å². The van der Waals surface area contributed by atoms with E-state index in [2.05, 4.69) is 9.97 Å². The van der Waals surface area contributed by atoms with Crippen LogP contribution < -0.4 is 5.56 Å². The van der Waals surface area contributed by atoms with Crippen molar-refractivity contribution in [3.63, 3.8) is 0 Å². The zero-order valence-electron chi connectivity index (χ0n) is 12.0. The largest absolute Gasteiger partial charge is 0.480 e. The fourth-order valence-corrected chi connectivity index (χ4v) is 2.55. The van der Waals surface area contributed by atoms with Gasteiger partial charge in [-0.05, 0) is 13.8 Å². The van der Waals surface area contributed by atoms with Crippen LogP contribution in [0.2, 0.25) is 0 Å². The SMILES string of the molecule is CC(C)(Sc1nc(-c2ccccc2)c(C#N)c(=O)[nH]1)C(=O)O. The number of carboxylic acid groups (broad SMARTS) is 1. The van der Waals surface area contributed by atoms with E-state index in [1.807, 2.05) is 12.1 Å². The number of rotatable bonds is 4. The molecule has 0 aliphatic heterocycles. The molecule has 0 amide bonds. The van der Waals surface area contributed by atoms with Gasteiger partial charge in [-0.2, -0.15) is 5.26 Å². The average molecular weight is 315 g/mol. The molecule has 1 aromatic carbocycles. The Kier molecular flexibility index (Phi) is 4.33. The molecule has 2 aromatic rings. The molecule has 112 valence electrons. The molecule has 22 heavy (non-hydrogen) atoms.